The number of unbranched alkanes of at least 4 members (excludes halogenated alkanes) is 3. The highest BCUT2D eigenvalue weighted by atomic mass is 35.5. The number of rotatable bonds is 5. The summed E-state index contributed by atoms with van der Waals surface area (Å²) in [4.78, 5) is 0. The summed E-state index contributed by atoms with van der Waals surface area (Å²) in [6.07, 6.45) is 5.75. The van der Waals surface area contributed by atoms with E-state index in [0.717, 1.165) is 13.0 Å². The number of hydrazone groups is 1. The maximum absolute atomic E-state index is 8.81. The van der Waals surface area contributed by atoms with Gasteiger partial charge in [0.05, 0.1) is 0 Å². The molecule has 0 fully saturated rings. The predicted octanol–water partition coefficient (Wildman–Crippen LogP) is 2.13. The smallest absolute Gasteiger partial charge is 0.221 e. The first-order valence-electron chi connectivity index (χ1n) is 4.94. The van der Waals surface area contributed by atoms with E-state index in [2.05, 4.69) is 18.1 Å². The molecule has 4 nitrogen and oxygen atoms in total. The van der Waals surface area contributed by atoms with Crippen LogP contribution >= 0.6 is 11.8 Å². The molecule has 0 N–H and O–H groups in total. The van der Waals surface area contributed by atoms with Gasteiger partial charge in [0.2, 0.25) is 6.17 Å². The second-order valence-corrected chi connectivity index (χ2v) is 3.69. The molecule has 0 aromatic heterocycles. The van der Waals surface area contributed by atoms with Crippen molar-refractivity contribution in [3.63, 3.8) is 0 Å². The molecule has 0 aliphatic carbocycles. The van der Waals surface area contributed by atoms with E-state index in [1.165, 1.54) is 30.0 Å². The number of hydrogen-bond donors (Lipinski definition) is 0. The van der Waals surface area contributed by atoms with Gasteiger partial charge in [-0.15, -0.1) is 0 Å². The number of halogens is 1. The van der Waals surface area contributed by atoms with Gasteiger partial charge in [0, 0.05) is 18.3 Å². The molecule has 1 aliphatic heterocycles. The molecule has 1 unspecified atom stereocenters. The molecular weight excluding hydrogens is 200 g/mol. The summed E-state index contributed by atoms with van der Waals surface area (Å²) < 4.78 is 1.31. The quantitative estimate of drug-likeness (QED) is 0.520. The zero-order valence-electron chi connectivity index (χ0n) is 8.36. The lowest BCUT2D eigenvalue weighted by molar-refractivity contribution is 0.218. The monoisotopic (exact) mass is 214 g/mol. The molecular formula is C9H15ClN4. The molecule has 1 atom stereocenters. The van der Waals surface area contributed by atoms with E-state index in [-0.39, 0.29) is 0 Å². The Morgan fingerprint density at radius 2 is 2.29 bits per heavy atom. The van der Waals surface area contributed by atoms with Crippen molar-refractivity contribution in [3.8, 4) is 6.07 Å². The molecule has 0 amide bonds. The van der Waals surface area contributed by atoms with Crippen LogP contribution in [-0.4, -0.2) is 28.5 Å². The first kappa shape index (κ1) is 11.1. The van der Waals surface area contributed by atoms with Crippen LogP contribution in [0.4, 0.5) is 0 Å². The third kappa shape index (κ3) is 2.78. The second kappa shape index (κ2) is 5.71. The van der Waals surface area contributed by atoms with Crippen molar-refractivity contribution in [3.05, 3.63) is 0 Å². The van der Waals surface area contributed by atoms with Gasteiger partial charge < -0.3 is 0 Å². The minimum atomic E-state index is -0.432. The lowest BCUT2D eigenvalue weighted by Gasteiger charge is -2.19. The zero-order valence-corrected chi connectivity index (χ0v) is 9.11. The number of hydrogen-bond acceptors (Lipinski definition) is 4. The van der Waals surface area contributed by atoms with E-state index < -0.39 is 6.17 Å². The molecule has 0 radical (unpaired) electrons. The molecule has 0 aromatic carbocycles. The van der Waals surface area contributed by atoms with Gasteiger partial charge in [-0.3, -0.25) is 5.01 Å². The zero-order chi connectivity index (χ0) is 10.4. The Bertz CT molecular complexity index is 235. The summed E-state index contributed by atoms with van der Waals surface area (Å²) >= 11 is 5.73. The van der Waals surface area contributed by atoms with Gasteiger partial charge in [-0.1, -0.05) is 26.2 Å². The van der Waals surface area contributed by atoms with Gasteiger partial charge in [-0.05, 0) is 6.42 Å². The number of nitrogens with zero attached hydrogens (tertiary/aromatic N) is 4. The van der Waals surface area contributed by atoms with Crippen molar-refractivity contribution in [2.24, 2.45) is 5.10 Å². The van der Waals surface area contributed by atoms with Gasteiger partial charge in [0.15, 0.2) is 0 Å². The van der Waals surface area contributed by atoms with Crippen LogP contribution in [0.1, 0.15) is 32.6 Å². The normalized spacial score (nSPS) is 20.2. The predicted molar refractivity (Wildman–Crippen MR) is 56.4 cm³/mol. The lowest BCUT2D eigenvalue weighted by atomic mass is 10.2. The first-order chi connectivity index (χ1) is 6.79. The van der Waals surface area contributed by atoms with Crippen LogP contribution in [-0.2, 0) is 0 Å². The molecule has 78 valence electrons. The van der Waals surface area contributed by atoms with Gasteiger partial charge in [0.1, 0.15) is 12.4 Å². The molecule has 1 aliphatic rings. The summed E-state index contributed by atoms with van der Waals surface area (Å²) in [6.45, 7) is 2.98. The standard InChI is InChI=1S/C9H15ClN4/c1-2-3-4-5-6-14-9(7-11)13(10)8-12-14/h8-9H,2-6H2,1H3. The van der Waals surface area contributed by atoms with E-state index in [0.29, 0.717) is 0 Å². The van der Waals surface area contributed by atoms with Crippen molar-refractivity contribution in [2.75, 3.05) is 6.54 Å². The highest BCUT2D eigenvalue weighted by Gasteiger charge is 2.25. The lowest BCUT2D eigenvalue weighted by Crippen LogP contribution is -2.33. The highest BCUT2D eigenvalue weighted by molar-refractivity contribution is 6.19. The summed E-state index contributed by atoms with van der Waals surface area (Å²) in [7, 11) is 0. The number of nitriles is 1. The Morgan fingerprint density at radius 1 is 1.50 bits per heavy atom. The molecule has 0 aromatic rings. The van der Waals surface area contributed by atoms with Crippen LogP contribution in [0.15, 0.2) is 5.10 Å². The van der Waals surface area contributed by atoms with Crippen LogP contribution in [0.2, 0.25) is 0 Å². The third-order valence-electron chi connectivity index (χ3n) is 2.18. The van der Waals surface area contributed by atoms with E-state index in [4.69, 9.17) is 17.0 Å². The van der Waals surface area contributed by atoms with Crippen molar-refractivity contribution in [1.82, 2.24) is 9.43 Å². The second-order valence-electron chi connectivity index (χ2n) is 3.30. The van der Waals surface area contributed by atoms with Crippen LogP contribution in [0.3, 0.4) is 0 Å². The molecule has 1 rings (SSSR count). The fraction of sp³-hybridized carbons (Fsp3) is 0.778. The summed E-state index contributed by atoms with van der Waals surface area (Å²) in [5.74, 6) is 0. The van der Waals surface area contributed by atoms with Crippen molar-refractivity contribution in [2.45, 2.75) is 38.8 Å². The minimum absolute atomic E-state index is 0.432. The van der Waals surface area contributed by atoms with Gasteiger partial charge in [-0.2, -0.15) is 10.4 Å². The Kier molecular flexibility index (Phi) is 4.54. The van der Waals surface area contributed by atoms with Crippen molar-refractivity contribution >= 4 is 18.1 Å². The van der Waals surface area contributed by atoms with E-state index in [9.17, 15) is 0 Å². The molecule has 14 heavy (non-hydrogen) atoms. The summed E-state index contributed by atoms with van der Waals surface area (Å²) in [6, 6.07) is 2.10. The van der Waals surface area contributed by atoms with Gasteiger partial charge >= 0.3 is 0 Å². The van der Waals surface area contributed by atoms with Crippen molar-refractivity contribution < 1.29 is 0 Å². The molecule has 0 spiro atoms. The molecule has 0 saturated carbocycles. The maximum atomic E-state index is 8.81. The Hall–Kier alpha value is -0.950. The SMILES string of the molecule is CCCCCCN1N=CN(Cl)C1C#N. The molecule has 0 bridgehead atoms. The summed E-state index contributed by atoms with van der Waals surface area (Å²) in [5, 5.41) is 14.6. The summed E-state index contributed by atoms with van der Waals surface area (Å²) in [5.41, 5.74) is 0. The molecule has 1 heterocycles. The Labute approximate surface area is 89.8 Å². The minimum Gasteiger partial charge on any atom is -0.258 e. The van der Waals surface area contributed by atoms with Crippen molar-refractivity contribution in [1.29, 1.82) is 5.26 Å². The highest BCUT2D eigenvalue weighted by Crippen LogP contribution is 2.14. The Morgan fingerprint density at radius 3 is 2.93 bits per heavy atom. The molecule has 5 heteroatoms. The maximum Gasteiger partial charge on any atom is 0.221 e. The Balaban J connectivity index is 2.25. The van der Waals surface area contributed by atoms with Crippen LogP contribution in [0.25, 0.3) is 0 Å². The topological polar surface area (TPSA) is 42.6 Å². The van der Waals surface area contributed by atoms with Gasteiger partial charge in [0.25, 0.3) is 0 Å². The van der Waals surface area contributed by atoms with Crippen LogP contribution in [0.5, 0.6) is 0 Å². The van der Waals surface area contributed by atoms with E-state index >= 15 is 0 Å². The molecule has 0 saturated heterocycles. The van der Waals surface area contributed by atoms with Crippen LogP contribution < -0.4 is 0 Å². The average Bonchev–Trinajstić information content (AvgIpc) is 2.54. The van der Waals surface area contributed by atoms with Gasteiger partial charge in [-0.25, -0.2) is 4.42 Å². The fourth-order valence-electron chi connectivity index (χ4n) is 1.37. The average molecular weight is 215 g/mol. The third-order valence-corrected chi connectivity index (χ3v) is 2.45. The first-order valence-corrected chi connectivity index (χ1v) is 5.28. The largest absolute Gasteiger partial charge is 0.258 e. The van der Waals surface area contributed by atoms with Crippen LogP contribution in [0, 0.1) is 11.3 Å². The van der Waals surface area contributed by atoms with E-state index in [1.807, 2.05) is 0 Å². The van der Waals surface area contributed by atoms with E-state index in [1.54, 1.807) is 5.01 Å². The fourth-order valence-corrected chi connectivity index (χ4v) is 1.56.